The number of nitrogens with two attached hydrogens (primary N) is 1. The molecule has 0 bridgehead atoms. The fourth-order valence-electron chi connectivity index (χ4n) is 0.770. The number of hydrogen-bond acceptors (Lipinski definition) is 3. The number of carbonyl (C=O) groups excluding carboxylic acids is 1. The average Bonchev–Trinajstić information content (AvgIpc) is 1.86. The van der Waals surface area contributed by atoms with E-state index in [1.165, 1.54) is 0 Å². The van der Waals surface area contributed by atoms with Gasteiger partial charge in [-0.15, -0.1) is 0 Å². The van der Waals surface area contributed by atoms with Gasteiger partial charge in [-0.3, -0.25) is 9.69 Å². The van der Waals surface area contributed by atoms with Crippen molar-refractivity contribution in [2.75, 3.05) is 25.6 Å². The number of carbonyl (C=O) groups is 1. The van der Waals surface area contributed by atoms with E-state index in [1.807, 2.05) is 11.9 Å². The first kappa shape index (κ1) is 10.8. The molecule has 0 aliphatic carbocycles. The Hall–Kier alpha value is -0.220. The third-order valence-electron chi connectivity index (χ3n) is 1.57. The number of nitrogens with zero attached hydrogens (tertiary/aromatic N) is 1. The molecule has 0 aromatic rings. The molecule has 1 atom stereocenters. The molecule has 4 heteroatoms. The molecule has 0 heterocycles. The van der Waals surface area contributed by atoms with E-state index < -0.39 is 0 Å². The first-order valence-electron chi connectivity index (χ1n) is 3.55. The van der Waals surface area contributed by atoms with E-state index in [0.29, 0.717) is 12.6 Å². The summed E-state index contributed by atoms with van der Waals surface area (Å²) in [5.41, 5.74) is 5.04. The maximum Gasteiger partial charge on any atom is 0.231 e. The summed E-state index contributed by atoms with van der Waals surface area (Å²) in [4.78, 5) is 12.4. The molecule has 0 aromatic carbocycles. The molecule has 0 rings (SSSR count). The normalized spacial score (nSPS) is 13.5. The number of amides is 1. The van der Waals surface area contributed by atoms with Crippen LogP contribution in [0.4, 0.5) is 0 Å². The van der Waals surface area contributed by atoms with Gasteiger partial charge in [0.25, 0.3) is 0 Å². The number of thioether (sulfide) groups is 1. The van der Waals surface area contributed by atoms with Gasteiger partial charge in [-0.1, -0.05) is 0 Å². The maximum atomic E-state index is 10.5. The molecule has 66 valence electrons. The van der Waals surface area contributed by atoms with Crippen LogP contribution in [0.2, 0.25) is 0 Å². The van der Waals surface area contributed by atoms with Crippen LogP contribution in [0.5, 0.6) is 0 Å². The van der Waals surface area contributed by atoms with E-state index in [9.17, 15) is 4.79 Å². The summed E-state index contributed by atoms with van der Waals surface area (Å²) in [5, 5.41) is 0. The largest absolute Gasteiger partial charge is 0.369 e. The van der Waals surface area contributed by atoms with Crippen LogP contribution < -0.4 is 5.73 Å². The third-order valence-corrected chi connectivity index (χ3v) is 2.38. The summed E-state index contributed by atoms with van der Waals surface area (Å²) < 4.78 is 0. The van der Waals surface area contributed by atoms with Crippen molar-refractivity contribution in [3.63, 3.8) is 0 Å². The van der Waals surface area contributed by atoms with E-state index in [4.69, 9.17) is 5.73 Å². The SMILES string of the molecule is CSCC(C)N(C)CC(N)=O. The summed E-state index contributed by atoms with van der Waals surface area (Å²) in [6.45, 7) is 2.43. The molecule has 0 fully saturated rings. The van der Waals surface area contributed by atoms with Crippen molar-refractivity contribution in [3.8, 4) is 0 Å². The topological polar surface area (TPSA) is 46.3 Å². The minimum Gasteiger partial charge on any atom is -0.369 e. The van der Waals surface area contributed by atoms with Gasteiger partial charge in [0.05, 0.1) is 6.54 Å². The Morgan fingerprint density at radius 2 is 2.27 bits per heavy atom. The summed E-state index contributed by atoms with van der Waals surface area (Å²) in [6.07, 6.45) is 2.05. The molecule has 0 radical (unpaired) electrons. The Kier molecular flexibility index (Phi) is 5.32. The van der Waals surface area contributed by atoms with E-state index in [-0.39, 0.29) is 5.91 Å². The zero-order chi connectivity index (χ0) is 8.85. The highest BCUT2D eigenvalue weighted by Gasteiger charge is 2.09. The van der Waals surface area contributed by atoms with Gasteiger partial charge in [0, 0.05) is 11.8 Å². The van der Waals surface area contributed by atoms with Gasteiger partial charge in [-0.2, -0.15) is 11.8 Å². The number of primary amides is 1. The molecule has 2 N–H and O–H groups in total. The van der Waals surface area contributed by atoms with Crippen molar-refractivity contribution in [1.82, 2.24) is 4.90 Å². The molecule has 0 aromatic heterocycles. The lowest BCUT2D eigenvalue weighted by molar-refractivity contribution is -0.119. The summed E-state index contributed by atoms with van der Waals surface area (Å²) in [6, 6.07) is 0.414. The minimum atomic E-state index is -0.263. The number of likely N-dealkylation sites (N-methyl/N-ethyl adjacent to an activating group) is 1. The molecular formula is C7H16N2OS. The highest BCUT2D eigenvalue weighted by atomic mass is 32.2. The zero-order valence-electron chi connectivity index (χ0n) is 7.33. The quantitative estimate of drug-likeness (QED) is 0.649. The van der Waals surface area contributed by atoms with Crippen molar-refractivity contribution in [2.45, 2.75) is 13.0 Å². The van der Waals surface area contributed by atoms with E-state index in [0.717, 1.165) is 5.75 Å². The van der Waals surface area contributed by atoms with Crippen molar-refractivity contribution in [2.24, 2.45) is 5.73 Å². The Morgan fingerprint density at radius 3 is 2.64 bits per heavy atom. The van der Waals surface area contributed by atoms with Gasteiger partial charge in [0.2, 0.25) is 5.91 Å². The zero-order valence-corrected chi connectivity index (χ0v) is 8.15. The highest BCUT2D eigenvalue weighted by molar-refractivity contribution is 7.98. The van der Waals surface area contributed by atoms with Crippen LogP contribution in [0.25, 0.3) is 0 Å². The highest BCUT2D eigenvalue weighted by Crippen LogP contribution is 2.02. The van der Waals surface area contributed by atoms with Crippen LogP contribution in [0, 0.1) is 0 Å². The third kappa shape index (κ3) is 5.09. The molecule has 0 aliphatic rings. The van der Waals surface area contributed by atoms with Crippen molar-refractivity contribution >= 4 is 17.7 Å². The maximum absolute atomic E-state index is 10.5. The standard InChI is InChI=1S/C7H16N2OS/c1-6(5-11-3)9(2)4-7(8)10/h6H,4-5H2,1-3H3,(H2,8,10). The van der Waals surface area contributed by atoms with Crippen molar-refractivity contribution in [3.05, 3.63) is 0 Å². The fraction of sp³-hybridized carbons (Fsp3) is 0.857. The second-order valence-corrected chi connectivity index (χ2v) is 3.60. The van der Waals surface area contributed by atoms with Gasteiger partial charge in [-0.05, 0) is 20.2 Å². The number of hydrogen-bond donors (Lipinski definition) is 1. The molecule has 0 spiro atoms. The van der Waals surface area contributed by atoms with Gasteiger partial charge in [0.15, 0.2) is 0 Å². The Morgan fingerprint density at radius 1 is 1.73 bits per heavy atom. The molecule has 0 saturated carbocycles. The van der Waals surface area contributed by atoms with Crippen LogP contribution in [-0.4, -0.2) is 42.4 Å². The first-order chi connectivity index (χ1) is 5.07. The average molecular weight is 176 g/mol. The monoisotopic (exact) mass is 176 g/mol. The summed E-state index contributed by atoms with van der Waals surface area (Å²) in [5.74, 6) is 0.768. The Balaban J connectivity index is 3.63. The summed E-state index contributed by atoms with van der Waals surface area (Å²) in [7, 11) is 1.91. The van der Waals surface area contributed by atoms with E-state index in [2.05, 4.69) is 13.2 Å². The van der Waals surface area contributed by atoms with Crippen LogP contribution in [-0.2, 0) is 4.79 Å². The molecule has 1 amide bonds. The molecular weight excluding hydrogens is 160 g/mol. The number of rotatable bonds is 5. The predicted molar refractivity (Wildman–Crippen MR) is 49.7 cm³/mol. The van der Waals surface area contributed by atoms with Gasteiger partial charge >= 0.3 is 0 Å². The molecule has 3 nitrogen and oxygen atoms in total. The van der Waals surface area contributed by atoms with Crippen LogP contribution in [0.1, 0.15) is 6.92 Å². The fourth-order valence-corrected chi connectivity index (χ4v) is 1.51. The molecule has 11 heavy (non-hydrogen) atoms. The molecule has 0 aliphatic heterocycles. The lowest BCUT2D eigenvalue weighted by Crippen LogP contribution is -2.38. The lowest BCUT2D eigenvalue weighted by atomic mass is 10.3. The molecule has 1 unspecified atom stereocenters. The van der Waals surface area contributed by atoms with E-state index in [1.54, 1.807) is 11.8 Å². The molecule has 0 saturated heterocycles. The smallest absolute Gasteiger partial charge is 0.231 e. The van der Waals surface area contributed by atoms with Gasteiger partial charge in [-0.25, -0.2) is 0 Å². The van der Waals surface area contributed by atoms with Crippen LogP contribution in [0.15, 0.2) is 0 Å². The second-order valence-electron chi connectivity index (χ2n) is 2.69. The van der Waals surface area contributed by atoms with Gasteiger partial charge < -0.3 is 5.73 Å². The van der Waals surface area contributed by atoms with E-state index >= 15 is 0 Å². The Labute approximate surface area is 72.3 Å². The second kappa shape index (κ2) is 5.43. The summed E-state index contributed by atoms with van der Waals surface area (Å²) >= 11 is 1.77. The first-order valence-corrected chi connectivity index (χ1v) is 4.94. The van der Waals surface area contributed by atoms with Crippen molar-refractivity contribution in [1.29, 1.82) is 0 Å². The van der Waals surface area contributed by atoms with Crippen LogP contribution >= 0.6 is 11.8 Å². The van der Waals surface area contributed by atoms with Gasteiger partial charge in [0.1, 0.15) is 0 Å². The minimum absolute atomic E-state index is 0.263. The predicted octanol–water partition coefficient (Wildman–Crippen LogP) is 0.155. The lowest BCUT2D eigenvalue weighted by Gasteiger charge is -2.21. The van der Waals surface area contributed by atoms with Crippen molar-refractivity contribution < 1.29 is 4.79 Å². The van der Waals surface area contributed by atoms with Crippen LogP contribution in [0.3, 0.4) is 0 Å². The Bertz CT molecular complexity index is 130.